The van der Waals surface area contributed by atoms with E-state index in [2.05, 4.69) is 0 Å². The maximum atomic E-state index is 14.1. The van der Waals surface area contributed by atoms with Crippen LogP contribution in [-0.2, 0) is 24.6 Å². The molecule has 0 unspecified atom stereocenters. The molecule has 1 N–H and O–H groups in total. The van der Waals surface area contributed by atoms with Gasteiger partial charge in [-0.2, -0.15) is 22.0 Å². The normalized spacial score (nSPS) is 15.4. The van der Waals surface area contributed by atoms with Crippen LogP contribution >= 0.6 is 46.6 Å². The highest BCUT2D eigenvalue weighted by Gasteiger charge is 2.38. The van der Waals surface area contributed by atoms with Crippen molar-refractivity contribution in [2.45, 2.75) is 47.8 Å². The lowest BCUT2D eigenvalue weighted by Gasteiger charge is -2.35. The number of hydrogen-bond donors (Lipinski definition) is 1. The summed E-state index contributed by atoms with van der Waals surface area (Å²) in [4.78, 5) is 45.8. The number of halogens is 8. The van der Waals surface area contributed by atoms with Gasteiger partial charge < -0.3 is 19.5 Å². The number of amides is 3. The Labute approximate surface area is 278 Å². The fourth-order valence-corrected chi connectivity index (χ4v) is 7.17. The van der Waals surface area contributed by atoms with Crippen molar-refractivity contribution in [1.29, 1.82) is 0 Å². The number of aromatic nitrogens is 1. The number of benzene rings is 2. The second-order valence-corrected chi connectivity index (χ2v) is 12.7. The molecule has 0 atom stereocenters. The minimum atomic E-state index is -4.88. The summed E-state index contributed by atoms with van der Waals surface area (Å²) in [6, 6.07) is 5.46. The highest BCUT2D eigenvalue weighted by Crippen LogP contribution is 2.46. The first-order chi connectivity index (χ1) is 21.5. The average Bonchev–Trinajstić information content (AvgIpc) is 3.40. The first-order valence-electron chi connectivity index (χ1n) is 13.7. The van der Waals surface area contributed by atoms with Gasteiger partial charge in [-0.3, -0.25) is 14.5 Å². The van der Waals surface area contributed by atoms with Gasteiger partial charge in [-0.15, -0.1) is 0 Å². The minimum Gasteiger partial charge on any atom is -0.495 e. The molecule has 0 bridgehead atoms. The average molecular weight is 726 g/mol. The van der Waals surface area contributed by atoms with Crippen molar-refractivity contribution in [2.75, 3.05) is 31.6 Å². The molecule has 3 heterocycles. The zero-order chi connectivity index (χ0) is 33.7. The quantitative estimate of drug-likeness (QED) is 0.198. The number of urea groups is 1. The highest BCUT2D eigenvalue weighted by atomic mass is 35.5. The van der Waals surface area contributed by atoms with Gasteiger partial charge in [0.25, 0.3) is 11.5 Å². The van der Waals surface area contributed by atoms with Crippen LogP contribution in [0.2, 0.25) is 10.0 Å². The third kappa shape index (κ3) is 6.49. The van der Waals surface area contributed by atoms with E-state index in [1.165, 1.54) is 12.0 Å². The van der Waals surface area contributed by atoms with Gasteiger partial charge in [-0.05, 0) is 66.4 Å². The zero-order valence-electron chi connectivity index (χ0n) is 24.0. The molecule has 3 amide bonds. The fourth-order valence-electron chi connectivity index (χ4n) is 5.32. The Morgan fingerprint density at radius 3 is 2.33 bits per heavy atom. The summed E-state index contributed by atoms with van der Waals surface area (Å²) in [5.41, 5.74) is -2.45. The molecule has 0 aliphatic carbocycles. The predicted molar refractivity (Wildman–Crippen MR) is 164 cm³/mol. The SMILES string of the molecule is CCN1CCCN(c2cc3c(cc2OC)CN(C(=O)c2c(Sc4c(Cl)ccc(C(F)(F)F)c4Cl)cc(C(F)(F)Cl)[nH]c2=O)C3)C1=O. The summed E-state index contributed by atoms with van der Waals surface area (Å²) in [7, 11) is 1.44. The van der Waals surface area contributed by atoms with Crippen LogP contribution < -0.4 is 15.2 Å². The number of ether oxygens (including phenoxy) is 1. The van der Waals surface area contributed by atoms with Crippen molar-refractivity contribution in [3.05, 3.63) is 78.7 Å². The van der Waals surface area contributed by atoms with Crippen molar-refractivity contribution in [2.24, 2.45) is 0 Å². The van der Waals surface area contributed by atoms with E-state index in [1.807, 2.05) is 11.9 Å². The fraction of sp³-hybridized carbons (Fsp3) is 0.345. The van der Waals surface area contributed by atoms with Gasteiger partial charge in [0.1, 0.15) is 17.0 Å². The molecule has 17 heteroatoms. The number of anilines is 1. The summed E-state index contributed by atoms with van der Waals surface area (Å²) in [5.74, 6) is -0.522. The Morgan fingerprint density at radius 1 is 1.04 bits per heavy atom. The molecule has 2 aromatic carbocycles. The lowest BCUT2D eigenvalue weighted by Crippen LogP contribution is -2.49. The molecule has 246 valence electrons. The topological polar surface area (TPSA) is 85.9 Å². The standard InChI is InChI=1S/C29H24Cl3F5N4O4S/c1-3-39-7-4-8-41(27(39)44)18-9-14-12-40(13-15(14)10-19(18)45-2)26(43)22-20(11-21(28(32,33)34)38-25(22)42)46-24-17(30)6-5-16(23(24)31)29(35,36)37/h5-6,9-11H,3-4,7-8,12-13H2,1-2H3,(H,38,42). The number of rotatable bonds is 7. The monoisotopic (exact) mass is 724 g/mol. The molecule has 8 nitrogen and oxygen atoms in total. The van der Waals surface area contributed by atoms with Crippen LogP contribution in [0.1, 0.15) is 46.1 Å². The van der Waals surface area contributed by atoms with Gasteiger partial charge in [0.15, 0.2) is 0 Å². The van der Waals surface area contributed by atoms with Crippen molar-refractivity contribution < 1.29 is 36.3 Å². The van der Waals surface area contributed by atoms with Gasteiger partial charge in [0.2, 0.25) is 0 Å². The van der Waals surface area contributed by atoms with Crippen LogP contribution in [0.15, 0.2) is 44.9 Å². The predicted octanol–water partition coefficient (Wildman–Crippen LogP) is 7.96. The van der Waals surface area contributed by atoms with Crippen molar-refractivity contribution in [3.8, 4) is 5.75 Å². The number of alkyl halides is 6. The molecular weight excluding hydrogens is 702 g/mol. The first kappa shape index (κ1) is 34.1. The Bertz CT molecular complexity index is 1780. The number of hydrogen-bond acceptors (Lipinski definition) is 5. The largest absolute Gasteiger partial charge is 0.495 e. The maximum absolute atomic E-state index is 14.1. The molecule has 5 rings (SSSR count). The lowest BCUT2D eigenvalue weighted by atomic mass is 10.1. The molecule has 1 aromatic heterocycles. The molecule has 0 radical (unpaired) electrons. The van der Waals surface area contributed by atoms with E-state index in [0.29, 0.717) is 66.1 Å². The number of nitrogens with one attached hydrogen (secondary N) is 1. The van der Waals surface area contributed by atoms with Gasteiger partial charge in [0, 0.05) is 37.6 Å². The third-order valence-electron chi connectivity index (χ3n) is 7.58. The van der Waals surface area contributed by atoms with Gasteiger partial charge in [-0.1, -0.05) is 35.0 Å². The number of aromatic amines is 1. The Kier molecular flexibility index (Phi) is 9.48. The Balaban J connectivity index is 1.54. The lowest BCUT2D eigenvalue weighted by molar-refractivity contribution is -0.137. The van der Waals surface area contributed by atoms with E-state index in [0.717, 1.165) is 12.5 Å². The van der Waals surface area contributed by atoms with Crippen LogP contribution in [-0.4, -0.2) is 53.5 Å². The number of nitrogens with zero attached hydrogens (tertiary/aromatic N) is 3. The summed E-state index contributed by atoms with van der Waals surface area (Å²) >= 11 is 17.7. The van der Waals surface area contributed by atoms with Crippen molar-refractivity contribution >= 4 is 64.2 Å². The molecular formula is C29H24Cl3F5N4O4S. The van der Waals surface area contributed by atoms with E-state index in [1.54, 1.807) is 21.9 Å². The Morgan fingerprint density at radius 2 is 1.72 bits per heavy atom. The minimum absolute atomic E-state index is 0.0259. The number of carbonyl (C=O) groups is 2. The highest BCUT2D eigenvalue weighted by molar-refractivity contribution is 7.99. The molecule has 3 aromatic rings. The van der Waals surface area contributed by atoms with E-state index in [9.17, 15) is 36.3 Å². The van der Waals surface area contributed by atoms with Crippen LogP contribution in [0.3, 0.4) is 0 Å². The van der Waals surface area contributed by atoms with Gasteiger partial charge >= 0.3 is 17.6 Å². The Hall–Kier alpha value is -3.20. The number of carbonyl (C=O) groups excluding carboxylic acids is 2. The zero-order valence-corrected chi connectivity index (χ0v) is 27.1. The van der Waals surface area contributed by atoms with Crippen molar-refractivity contribution in [1.82, 2.24) is 14.8 Å². The van der Waals surface area contributed by atoms with Crippen LogP contribution in [0.5, 0.6) is 5.75 Å². The van der Waals surface area contributed by atoms with Crippen LogP contribution in [0.4, 0.5) is 32.4 Å². The number of methoxy groups -OCH3 is 1. The third-order valence-corrected chi connectivity index (χ3v) is 9.88. The summed E-state index contributed by atoms with van der Waals surface area (Å²) < 4.78 is 74.6. The van der Waals surface area contributed by atoms with Gasteiger partial charge in [-0.25, -0.2) is 4.79 Å². The molecule has 0 spiro atoms. The van der Waals surface area contributed by atoms with Crippen LogP contribution in [0, 0.1) is 0 Å². The van der Waals surface area contributed by atoms with Gasteiger partial charge in [0.05, 0.1) is 33.3 Å². The van der Waals surface area contributed by atoms with Crippen LogP contribution in [0.25, 0.3) is 0 Å². The second-order valence-electron chi connectivity index (χ2n) is 10.4. The number of fused-ring (bicyclic) bond motifs is 1. The van der Waals surface area contributed by atoms with E-state index in [4.69, 9.17) is 39.5 Å². The summed E-state index contributed by atoms with van der Waals surface area (Å²) in [5, 5.41) is -5.21. The summed E-state index contributed by atoms with van der Waals surface area (Å²) in [6.45, 7) is 3.39. The molecule has 0 saturated carbocycles. The first-order valence-corrected chi connectivity index (χ1v) is 15.6. The maximum Gasteiger partial charge on any atom is 0.417 e. The molecule has 1 saturated heterocycles. The number of pyridine rings is 1. The van der Waals surface area contributed by atoms with E-state index >= 15 is 0 Å². The van der Waals surface area contributed by atoms with Crippen molar-refractivity contribution in [3.63, 3.8) is 0 Å². The smallest absolute Gasteiger partial charge is 0.417 e. The molecule has 1 fully saturated rings. The second kappa shape index (κ2) is 12.8. The summed E-state index contributed by atoms with van der Waals surface area (Å²) in [6.07, 6.45) is -4.15. The van der Waals surface area contributed by atoms with E-state index in [-0.39, 0.29) is 24.1 Å². The molecule has 46 heavy (non-hydrogen) atoms. The number of H-pyrrole nitrogens is 1. The van der Waals surface area contributed by atoms with E-state index < -0.39 is 54.7 Å². The molecule has 2 aliphatic heterocycles. The molecule has 2 aliphatic rings.